The highest BCUT2D eigenvalue weighted by Gasteiger charge is 2.62. The van der Waals surface area contributed by atoms with Crippen LogP contribution >= 0.6 is 173 Å². The van der Waals surface area contributed by atoms with Crippen LogP contribution in [-0.4, -0.2) is 178 Å². The molecule has 4 saturated heterocycles. The number of nitrogens with zero attached hydrogens (tertiary/aromatic N) is 4. The molecule has 4 aromatic heterocycles. The van der Waals surface area contributed by atoms with Crippen molar-refractivity contribution >= 4 is 173 Å². The SMILES string of the molecule is O=c1[nH]c(=S)c(Cl)cn1[C@@H]1O[C@](F)(COP2(=O)OCc3cc(Cl)ccc3O2)[C@@H](O)[C@H]1O.[2H]C([2H])(OP1(=O)OCc2cc(Cl)ccc2O1)[C@@]1(F)O[C@@H](n2cc(Cl)c(=S)[nH]c2=O)[C@H](O)[C@@H]1O.[2H]C([2H])(OP1(=O)OCc2cc(Cl)ccc2O1)[C@@]1(F)O[C@@]([2H])(n2cc(Cl)c(=S)[nH]c2=O)[C@H](O)[C@@H]1O.[2H][C@@]1(n2cc(Cl)c(=S)[nH]c2=O)O[C@](F)(COP2(=O)OCc3cc(Cl)ccc3O2)[C@@H](O)[C@H]1O. The van der Waals surface area contributed by atoms with Gasteiger partial charge in [-0.3, -0.25) is 74.4 Å². The zero-order valence-electron chi connectivity index (χ0n) is 66.4. The minimum atomic E-state index is -4.86. The van der Waals surface area contributed by atoms with E-state index in [2.05, 4.69) is 24.5 Å². The van der Waals surface area contributed by atoms with Crippen molar-refractivity contribution in [3.05, 3.63) is 221 Å². The molecule has 124 heavy (non-hydrogen) atoms. The Hall–Kier alpha value is -5.36. The molecule has 12 N–H and O–H groups in total. The van der Waals surface area contributed by atoms with Gasteiger partial charge in [0.25, 0.3) is 23.4 Å². The molecule has 12 heterocycles. The van der Waals surface area contributed by atoms with Crippen LogP contribution in [0.3, 0.4) is 0 Å². The van der Waals surface area contributed by atoms with Crippen LogP contribution in [0.4, 0.5) is 17.6 Å². The summed E-state index contributed by atoms with van der Waals surface area (Å²) >= 11 is 66.0. The smallest absolute Gasteiger partial charge is 0.404 e. The molecule has 672 valence electrons. The average Bonchev–Trinajstić information content (AvgIpc) is 1.56. The number of phosphoric acid groups is 4. The standard InChI is InChI=1S/4C16H14Cl2FN2O8PS/c4*17-8-1-2-10-7(3-8)5-26-30(25,29-10)27-6-16(19)12(23)11(22)14(28-16)21-4-9(18)13(31)20-15(21)24/h4*1-4,11-12,14,22-23H,5-6H2,(H,20,24,31)/t4*11-,12+,14-,16-,30?/m1111/s1/i6D2,14D;14D;6D2;. The predicted molar refractivity (Wildman–Crippen MR) is 429 cm³/mol. The summed E-state index contributed by atoms with van der Waals surface area (Å²) in [5.41, 5.74) is -2.42. The molecule has 0 radical (unpaired) electrons. The molecule has 40 nitrogen and oxygen atoms in total. The van der Waals surface area contributed by atoms with Crippen molar-refractivity contribution in [2.24, 2.45) is 0 Å². The average molecular weight is 2070 g/mol. The fraction of sp³-hybridized carbons (Fsp3) is 0.375. The Morgan fingerprint density at radius 3 is 0.960 bits per heavy atom. The number of phosphoric ester groups is 4. The van der Waals surface area contributed by atoms with Crippen LogP contribution in [0.5, 0.6) is 23.0 Å². The van der Waals surface area contributed by atoms with Crippen molar-refractivity contribution < 1.29 is 158 Å². The van der Waals surface area contributed by atoms with Crippen LogP contribution in [-0.2, 0) is 99.8 Å². The Kier molecular flexibility index (Phi) is 26.6. The van der Waals surface area contributed by atoms with E-state index in [0.717, 1.165) is 29.4 Å². The second-order valence-corrected chi connectivity index (χ2v) is 37.3. The first-order chi connectivity index (χ1) is 60.3. The number of rotatable bonds is 16. The van der Waals surface area contributed by atoms with Gasteiger partial charge in [0.05, 0.1) is 54.7 Å². The monoisotopic (exact) mass is 2060 g/mol. The van der Waals surface area contributed by atoms with E-state index in [0.29, 0.717) is 51.5 Å². The molecule has 0 bridgehead atoms. The molecule has 60 heteroatoms. The van der Waals surface area contributed by atoms with Crippen LogP contribution in [0.1, 0.15) is 55.3 Å². The minimum absolute atomic E-state index is 0.00997. The highest BCUT2D eigenvalue weighted by atomic mass is 35.5. The lowest BCUT2D eigenvalue weighted by molar-refractivity contribution is -0.205. The van der Waals surface area contributed by atoms with E-state index in [-0.39, 0.29) is 86.0 Å². The van der Waals surface area contributed by atoms with Crippen molar-refractivity contribution in [1.82, 2.24) is 38.2 Å². The maximum atomic E-state index is 15.8. The Labute approximate surface area is 757 Å². The number of aliphatic hydroxyl groups excluding tert-OH is 8. The molecule has 8 aromatic rings. The second-order valence-electron chi connectivity index (χ2n) is 26.1. The summed E-state index contributed by atoms with van der Waals surface area (Å²) in [5.74, 6) is -14.0. The van der Waals surface area contributed by atoms with Gasteiger partial charge in [0.2, 0.25) is 0 Å². The van der Waals surface area contributed by atoms with Crippen molar-refractivity contribution in [3.63, 3.8) is 0 Å². The van der Waals surface area contributed by atoms with E-state index >= 15 is 17.6 Å². The first kappa shape index (κ1) is 87.9. The highest BCUT2D eigenvalue weighted by molar-refractivity contribution is 7.72. The van der Waals surface area contributed by atoms with E-state index in [1.807, 2.05) is 0 Å². The molecule has 4 unspecified atom stereocenters. The van der Waals surface area contributed by atoms with Crippen LogP contribution in [0.2, 0.25) is 40.2 Å². The van der Waals surface area contributed by atoms with Crippen molar-refractivity contribution in [2.45, 2.75) is 124 Å². The van der Waals surface area contributed by atoms with Gasteiger partial charge in [0.15, 0.2) is 24.9 Å². The van der Waals surface area contributed by atoms with Crippen molar-refractivity contribution in [1.29, 1.82) is 0 Å². The topological polar surface area (TPSA) is 529 Å². The maximum Gasteiger partial charge on any atom is 0.530 e. The van der Waals surface area contributed by atoms with Gasteiger partial charge in [0, 0.05) is 67.1 Å². The number of hydrogen-bond acceptors (Lipinski definition) is 36. The zero-order valence-corrected chi connectivity index (χ0v) is 73.3. The number of fused-ring (bicyclic) bond motifs is 4. The summed E-state index contributed by atoms with van der Waals surface area (Å²) in [5, 5.41) is 82.9. The molecule has 4 aromatic carbocycles. The minimum Gasteiger partial charge on any atom is -0.404 e. The molecule has 20 atom stereocenters. The van der Waals surface area contributed by atoms with Gasteiger partial charge in [0.1, 0.15) is 117 Å². The lowest BCUT2D eigenvalue weighted by atomic mass is 10.1. The van der Waals surface area contributed by atoms with E-state index < -0.39 is 184 Å². The fourth-order valence-electron chi connectivity index (χ4n) is 11.4. The summed E-state index contributed by atoms with van der Waals surface area (Å²) in [6.07, 6.45) is -25.1. The number of alkyl halides is 4. The van der Waals surface area contributed by atoms with Gasteiger partial charge in [-0.05, 0) is 72.8 Å². The summed E-state index contributed by atoms with van der Waals surface area (Å²) in [6, 6.07) is 17.1. The van der Waals surface area contributed by atoms with E-state index in [1.54, 1.807) is 0 Å². The molecule has 8 aliphatic rings. The lowest BCUT2D eigenvalue weighted by Gasteiger charge is -2.28. The van der Waals surface area contributed by atoms with Crippen molar-refractivity contribution in [3.8, 4) is 23.0 Å². The number of nitrogens with one attached hydrogen (secondary N) is 4. The molecule has 16 rings (SSSR count). The third-order valence-corrected chi connectivity index (χ3v) is 26.5. The first-order valence-electron chi connectivity index (χ1n) is 36.9. The Balaban J connectivity index is 0.000000148. The lowest BCUT2D eigenvalue weighted by Crippen LogP contribution is -2.43. The Bertz CT molecular complexity index is 6590. The van der Waals surface area contributed by atoms with Gasteiger partial charge >= 0.3 is 54.0 Å². The number of aromatic nitrogens is 8. The summed E-state index contributed by atoms with van der Waals surface area (Å²) in [4.78, 5) is 57.3. The summed E-state index contributed by atoms with van der Waals surface area (Å²) in [7, 11) is -18.3. The molecule has 0 saturated carbocycles. The fourth-order valence-corrected chi connectivity index (χ4v) is 18.0. The summed E-state index contributed by atoms with van der Waals surface area (Å²) in [6.45, 7) is -11.2. The molecule has 8 aliphatic heterocycles. The normalized spacial score (nSPS) is 34.6. The molecular formula is C64H56Cl8F4N8O32P4S4. The van der Waals surface area contributed by atoms with Crippen LogP contribution in [0, 0.1) is 18.6 Å². The largest absolute Gasteiger partial charge is 0.530 e. The van der Waals surface area contributed by atoms with Crippen LogP contribution in [0.15, 0.2) is 117 Å². The number of halogens is 12. The highest BCUT2D eigenvalue weighted by Crippen LogP contribution is 2.61. The maximum absolute atomic E-state index is 15.8. The number of hydrogen-bond donors (Lipinski definition) is 12. The van der Waals surface area contributed by atoms with Crippen molar-refractivity contribution in [2.75, 3.05) is 26.3 Å². The van der Waals surface area contributed by atoms with Crippen LogP contribution in [0.25, 0.3) is 0 Å². The number of benzene rings is 4. The number of H-pyrrole nitrogens is 4. The third kappa shape index (κ3) is 20.7. The molecular weight excluding hydrogens is 2000 g/mol. The Morgan fingerprint density at radius 2 is 0.637 bits per heavy atom. The first-order valence-corrected chi connectivity index (χ1v) is 44.4. The van der Waals surface area contributed by atoms with Gasteiger partial charge in [-0.1, -0.05) is 142 Å². The molecule has 0 spiro atoms. The van der Waals surface area contributed by atoms with Gasteiger partial charge in [-0.15, -0.1) is 0 Å². The predicted octanol–water partition coefficient (Wildman–Crippen LogP) is 11.5. The van der Waals surface area contributed by atoms with Gasteiger partial charge < -0.3 is 77.9 Å². The second kappa shape index (κ2) is 37.5. The zero-order chi connectivity index (χ0) is 95.6. The quantitative estimate of drug-likeness (QED) is 0.0243. The molecule has 0 aliphatic carbocycles. The van der Waals surface area contributed by atoms with Crippen LogP contribution < -0.4 is 40.9 Å². The molecule has 0 amide bonds. The van der Waals surface area contributed by atoms with E-state index in [9.17, 15) is 78.3 Å². The number of ether oxygens (including phenoxy) is 4. The van der Waals surface area contributed by atoms with Gasteiger partial charge in [-0.2, -0.15) is 0 Å². The van der Waals surface area contributed by atoms with E-state index in [1.165, 1.54) is 72.8 Å². The van der Waals surface area contributed by atoms with E-state index in [4.69, 9.17) is 219 Å². The number of aromatic amines is 4. The Morgan fingerprint density at radius 1 is 0.395 bits per heavy atom. The molecule has 4 fully saturated rings. The summed E-state index contributed by atoms with van der Waals surface area (Å²) < 4.78 is 243. The van der Waals surface area contributed by atoms with Gasteiger partial charge in [-0.25, -0.2) is 55.0 Å². The number of aliphatic hydroxyl groups is 8. The third-order valence-electron chi connectivity index (χ3n) is 17.7.